The summed E-state index contributed by atoms with van der Waals surface area (Å²) in [4.78, 5) is 28.8. The summed E-state index contributed by atoms with van der Waals surface area (Å²) in [7, 11) is 14.6. The molecule has 63 heavy (non-hydrogen) atoms. The summed E-state index contributed by atoms with van der Waals surface area (Å²) in [5.41, 5.74) is 2.43. The number of carbonyl (C=O) groups excluding carboxylic acids is 2. The van der Waals surface area contributed by atoms with Crippen molar-refractivity contribution >= 4 is 11.8 Å². The SMILES string of the molecule is COc1cc(OC)c2c(c1)O[C@H](C1=CC(=O)C3(OC)Oc4c(OC)c(OC)cc([C@H]5Oc6cc(OC)cc(OC)c6C[C@H]5OC(=O)c5cc(OC)c(OC)c(OC)c5)c4C13)[C@H](O)C2. The lowest BCUT2D eigenvalue weighted by molar-refractivity contribution is -0.174. The smallest absolute Gasteiger partial charge is 0.338 e. The van der Waals surface area contributed by atoms with Gasteiger partial charge in [-0.2, -0.15) is 0 Å². The third-order valence-corrected chi connectivity index (χ3v) is 11.9. The molecule has 2 unspecified atom stereocenters. The summed E-state index contributed by atoms with van der Waals surface area (Å²) in [6.45, 7) is 0. The summed E-state index contributed by atoms with van der Waals surface area (Å²) >= 11 is 0. The monoisotopic (exact) mass is 872 g/mol. The van der Waals surface area contributed by atoms with Crippen molar-refractivity contribution in [3.63, 3.8) is 0 Å². The van der Waals surface area contributed by atoms with E-state index in [1.165, 1.54) is 89.3 Å². The van der Waals surface area contributed by atoms with Gasteiger partial charge >= 0.3 is 5.97 Å². The van der Waals surface area contributed by atoms with E-state index in [2.05, 4.69) is 0 Å². The molecule has 0 amide bonds. The normalized spacial score (nSPS) is 22.6. The zero-order chi connectivity index (χ0) is 44.9. The molecule has 0 spiro atoms. The second-order valence-electron chi connectivity index (χ2n) is 14.9. The van der Waals surface area contributed by atoms with Gasteiger partial charge in [0, 0.05) is 66.5 Å². The van der Waals surface area contributed by atoms with Crippen LogP contribution in [0.3, 0.4) is 0 Å². The number of ether oxygens (including phenoxy) is 14. The maximum Gasteiger partial charge on any atom is 0.338 e. The third-order valence-electron chi connectivity index (χ3n) is 11.9. The van der Waals surface area contributed by atoms with Crippen LogP contribution in [0.15, 0.2) is 54.1 Å². The summed E-state index contributed by atoms with van der Waals surface area (Å²) in [5, 5.41) is 11.9. The summed E-state index contributed by atoms with van der Waals surface area (Å²) in [6, 6.07) is 11.5. The van der Waals surface area contributed by atoms with Crippen LogP contribution in [0.4, 0.5) is 0 Å². The summed E-state index contributed by atoms with van der Waals surface area (Å²) in [5.74, 6) is -0.526. The molecule has 0 aromatic heterocycles. The number of rotatable bonds is 14. The molecular formula is C46H48O17. The van der Waals surface area contributed by atoms with Gasteiger partial charge < -0.3 is 71.4 Å². The zero-order valence-corrected chi connectivity index (χ0v) is 36.4. The molecule has 3 heterocycles. The van der Waals surface area contributed by atoms with Gasteiger partial charge in [-0.05, 0) is 29.8 Å². The Hall–Kier alpha value is -6.72. The van der Waals surface area contributed by atoms with E-state index in [-0.39, 0.29) is 52.9 Å². The minimum absolute atomic E-state index is 0.0833. The number of aliphatic hydroxyl groups is 1. The summed E-state index contributed by atoms with van der Waals surface area (Å²) < 4.78 is 83.5. The summed E-state index contributed by atoms with van der Waals surface area (Å²) in [6.07, 6.45) is -2.89. The number of fused-ring (bicyclic) bond motifs is 5. The van der Waals surface area contributed by atoms with Gasteiger partial charge in [-0.15, -0.1) is 0 Å². The van der Waals surface area contributed by atoms with Crippen molar-refractivity contribution in [3.05, 3.63) is 81.9 Å². The molecule has 0 bridgehead atoms. The second-order valence-corrected chi connectivity index (χ2v) is 14.9. The molecule has 0 fully saturated rings. The maximum absolute atomic E-state index is 14.4. The van der Waals surface area contributed by atoms with Gasteiger partial charge in [0.25, 0.3) is 5.79 Å². The lowest BCUT2D eigenvalue weighted by Gasteiger charge is -2.37. The standard InChI is InChI=1S/C46H48O17/c1-50-22-13-29(52-3)24-17-28(47)40(60-31(24)15-22)27-20-37(48)46(59-10)39(27)38-26(19-35(56-7)43(58-9)44(38)63-46)41-36(18-25-30(53-4)14-23(51-2)16-32(25)61-41)62-45(49)21-11-33(54-5)42(57-8)34(12-21)55-6/h11-16,19-20,28,36,39-41,47H,17-18H2,1-10H3/t28-,36-,39?,40-,41-,46?/m1/s1. The van der Waals surface area contributed by atoms with Crippen LogP contribution in [-0.4, -0.2) is 112 Å². The van der Waals surface area contributed by atoms with Crippen molar-refractivity contribution in [2.45, 2.75) is 49.0 Å². The number of methoxy groups -OCH3 is 10. The van der Waals surface area contributed by atoms with Gasteiger partial charge in [-0.25, -0.2) is 4.79 Å². The lowest BCUT2D eigenvalue weighted by atomic mass is 9.79. The van der Waals surface area contributed by atoms with E-state index in [0.717, 1.165) is 0 Å². The minimum Gasteiger partial charge on any atom is -0.496 e. The number of ketones is 1. The van der Waals surface area contributed by atoms with Gasteiger partial charge in [0.05, 0.1) is 81.6 Å². The number of benzene rings is 4. The first kappa shape index (κ1) is 42.9. The molecule has 17 nitrogen and oxygen atoms in total. The molecule has 3 aliphatic heterocycles. The van der Waals surface area contributed by atoms with Crippen molar-refractivity contribution in [3.8, 4) is 69.0 Å². The van der Waals surface area contributed by atoms with Crippen LogP contribution in [0.1, 0.15) is 44.6 Å². The number of aliphatic hydroxyl groups excluding tert-OH is 1. The largest absolute Gasteiger partial charge is 0.496 e. The molecule has 0 saturated carbocycles. The van der Waals surface area contributed by atoms with Crippen molar-refractivity contribution < 1.29 is 81.0 Å². The van der Waals surface area contributed by atoms with Crippen LogP contribution < -0.4 is 56.8 Å². The fraction of sp³-hybridized carbons (Fsp3) is 0.391. The highest BCUT2D eigenvalue weighted by molar-refractivity contribution is 6.03. The Morgan fingerprint density at radius 2 is 1.17 bits per heavy atom. The molecule has 17 heteroatoms. The highest BCUT2D eigenvalue weighted by atomic mass is 16.7. The number of carbonyl (C=O) groups is 2. The topological polar surface area (TPSA) is 184 Å². The fourth-order valence-corrected chi connectivity index (χ4v) is 8.97. The van der Waals surface area contributed by atoms with E-state index < -0.39 is 47.9 Å². The van der Waals surface area contributed by atoms with Crippen LogP contribution in [0.5, 0.6) is 69.0 Å². The Bertz CT molecular complexity index is 2470. The predicted octanol–water partition coefficient (Wildman–Crippen LogP) is 5.36. The Balaban J connectivity index is 1.31. The zero-order valence-electron chi connectivity index (χ0n) is 36.4. The van der Waals surface area contributed by atoms with E-state index >= 15 is 0 Å². The molecule has 1 aliphatic carbocycles. The van der Waals surface area contributed by atoms with Crippen LogP contribution in [-0.2, 0) is 27.1 Å². The highest BCUT2D eigenvalue weighted by Crippen LogP contribution is 2.62. The Labute approximate surface area is 363 Å². The van der Waals surface area contributed by atoms with Crippen molar-refractivity contribution in [1.29, 1.82) is 0 Å². The third kappa shape index (κ3) is 6.86. The maximum atomic E-state index is 14.4. The Morgan fingerprint density at radius 1 is 0.635 bits per heavy atom. The van der Waals surface area contributed by atoms with Gasteiger partial charge in [-0.1, -0.05) is 0 Å². The van der Waals surface area contributed by atoms with E-state index in [1.54, 1.807) is 30.3 Å². The molecule has 0 saturated heterocycles. The molecule has 4 aromatic rings. The van der Waals surface area contributed by atoms with Crippen LogP contribution in [0.2, 0.25) is 0 Å². The highest BCUT2D eigenvalue weighted by Gasteiger charge is 2.64. The molecule has 6 atom stereocenters. The molecule has 334 valence electrons. The van der Waals surface area contributed by atoms with E-state index in [4.69, 9.17) is 66.3 Å². The molecular weight excluding hydrogens is 824 g/mol. The van der Waals surface area contributed by atoms with Crippen LogP contribution in [0.25, 0.3) is 0 Å². The average molecular weight is 873 g/mol. The molecule has 4 aliphatic rings. The molecule has 0 radical (unpaired) electrons. The van der Waals surface area contributed by atoms with Crippen molar-refractivity contribution in [2.24, 2.45) is 0 Å². The minimum atomic E-state index is -1.98. The molecule has 1 N–H and O–H groups in total. The van der Waals surface area contributed by atoms with Gasteiger partial charge in [0.1, 0.15) is 46.7 Å². The van der Waals surface area contributed by atoms with Crippen molar-refractivity contribution in [1.82, 2.24) is 0 Å². The predicted molar refractivity (Wildman–Crippen MR) is 221 cm³/mol. The first-order valence-electron chi connectivity index (χ1n) is 19.8. The van der Waals surface area contributed by atoms with Gasteiger partial charge in [-0.3, -0.25) is 4.79 Å². The second kappa shape index (κ2) is 16.9. The number of esters is 1. The number of hydrogen-bond donors (Lipinski definition) is 1. The van der Waals surface area contributed by atoms with E-state index in [0.29, 0.717) is 62.3 Å². The van der Waals surface area contributed by atoms with Crippen LogP contribution >= 0.6 is 0 Å². The first-order chi connectivity index (χ1) is 30.5. The Kier molecular flexibility index (Phi) is 11.5. The van der Waals surface area contributed by atoms with E-state index in [9.17, 15) is 14.7 Å². The quantitative estimate of drug-likeness (QED) is 0.160. The lowest BCUT2D eigenvalue weighted by Crippen LogP contribution is -2.47. The fourth-order valence-electron chi connectivity index (χ4n) is 8.97. The van der Waals surface area contributed by atoms with Gasteiger partial charge in [0.15, 0.2) is 29.1 Å². The first-order valence-corrected chi connectivity index (χ1v) is 19.8. The number of hydrogen-bond acceptors (Lipinski definition) is 17. The van der Waals surface area contributed by atoms with Crippen molar-refractivity contribution in [2.75, 3.05) is 71.1 Å². The molecule has 4 aromatic carbocycles. The average Bonchev–Trinajstić information content (AvgIpc) is 3.81. The Morgan fingerprint density at radius 3 is 1.70 bits per heavy atom. The van der Waals surface area contributed by atoms with Crippen LogP contribution in [0, 0.1) is 0 Å². The van der Waals surface area contributed by atoms with E-state index in [1.807, 2.05) is 0 Å². The molecule has 8 rings (SSSR count). The van der Waals surface area contributed by atoms with Gasteiger partial charge in [0.2, 0.25) is 17.3 Å².